The van der Waals surface area contributed by atoms with E-state index in [0.717, 1.165) is 31.4 Å². The van der Waals surface area contributed by atoms with Crippen LogP contribution in [0, 0.1) is 6.92 Å². The van der Waals surface area contributed by atoms with Crippen molar-refractivity contribution in [1.82, 2.24) is 15.2 Å². The molecule has 1 saturated heterocycles. The van der Waals surface area contributed by atoms with Crippen LogP contribution in [0.2, 0.25) is 0 Å². The molecule has 1 aromatic rings. The van der Waals surface area contributed by atoms with Crippen molar-refractivity contribution >= 4 is 11.8 Å². The zero-order valence-electron chi connectivity index (χ0n) is 12.5. The number of amides is 2. The van der Waals surface area contributed by atoms with Crippen LogP contribution >= 0.6 is 0 Å². The average molecular weight is 291 g/mol. The number of hydrogen-bond acceptors (Lipinski definition) is 4. The highest BCUT2D eigenvalue weighted by Crippen LogP contribution is 2.35. The molecule has 2 heterocycles. The normalized spacial score (nSPS) is 23.2. The van der Waals surface area contributed by atoms with Gasteiger partial charge >= 0.3 is 0 Å². The standard InChI is InChI=1S/C15H21N3O3/c1-10-9-16-13(21-10)11(2)18-8-5-12(19)17-15(14(18)20)6-3-4-7-15/h9,11H,3-8H2,1-2H3,(H,17,19). The summed E-state index contributed by atoms with van der Waals surface area (Å²) in [5.41, 5.74) is -0.705. The van der Waals surface area contributed by atoms with E-state index in [1.165, 1.54) is 0 Å². The average Bonchev–Trinajstić information content (AvgIpc) is 3.05. The van der Waals surface area contributed by atoms with Crippen LogP contribution in [-0.4, -0.2) is 33.8 Å². The summed E-state index contributed by atoms with van der Waals surface area (Å²) in [6.45, 7) is 4.15. The van der Waals surface area contributed by atoms with E-state index in [9.17, 15) is 9.59 Å². The largest absolute Gasteiger partial charge is 0.444 e. The Morgan fingerprint density at radius 3 is 2.71 bits per heavy atom. The molecule has 1 unspecified atom stereocenters. The fraction of sp³-hybridized carbons (Fsp3) is 0.667. The Bertz CT molecular complexity index is 560. The Kier molecular flexibility index (Phi) is 3.47. The van der Waals surface area contributed by atoms with E-state index in [4.69, 9.17) is 4.42 Å². The zero-order chi connectivity index (χ0) is 15.0. The predicted octanol–water partition coefficient (Wildman–Crippen LogP) is 1.71. The maximum atomic E-state index is 13.0. The third-order valence-corrected chi connectivity index (χ3v) is 4.55. The maximum Gasteiger partial charge on any atom is 0.249 e. The van der Waals surface area contributed by atoms with Crippen molar-refractivity contribution in [3.05, 3.63) is 17.8 Å². The molecule has 2 fully saturated rings. The van der Waals surface area contributed by atoms with Crippen molar-refractivity contribution in [2.24, 2.45) is 0 Å². The van der Waals surface area contributed by atoms with Gasteiger partial charge in [-0.25, -0.2) is 4.98 Å². The molecule has 21 heavy (non-hydrogen) atoms. The highest BCUT2D eigenvalue weighted by Gasteiger charge is 2.47. The molecule has 3 rings (SSSR count). The van der Waals surface area contributed by atoms with Crippen LogP contribution in [0.15, 0.2) is 10.6 Å². The molecule has 0 aromatic carbocycles. The number of rotatable bonds is 2. The third kappa shape index (κ3) is 2.43. The minimum absolute atomic E-state index is 0.00852. The van der Waals surface area contributed by atoms with Crippen LogP contribution in [0.1, 0.15) is 56.7 Å². The molecule has 1 N–H and O–H groups in total. The van der Waals surface area contributed by atoms with Gasteiger partial charge in [0.2, 0.25) is 17.7 Å². The van der Waals surface area contributed by atoms with E-state index in [1.54, 1.807) is 11.1 Å². The summed E-state index contributed by atoms with van der Waals surface area (Å²) in [4.78, 5) is 30.9. The minimum atomic E-state index is -0.705. The predicted molar refractivity (Wildman–Crippen MR) is 75.3 cm³/mol. The Labute approximate surface area is 123 Å². The molecule has 1 aromatic heterocycles. The van der Waals surface area contributed by atoms with Crippen LogP contribution in [0.3, 0.4) is 0 Å². The third-order valence-electron chi connectivity index (χ3n) is 4.55. The van der Waals surface area contributed by atoms with E-state index in [1.807, 2.05) is 13.8 Å². The van der Waals surface area contributed by atoms with Gasteiger partial charge in [-0.3, -0.25) is 9.59 Å². The highest BCUT2D eigenvalue weighted by atomic mass is 16.4. The van der Waals surface area contributed by atoms with Crippen LogP contribution in [0.25, 0.3) is 0 Å². The Morgan fingerprint density at radius 2 is 2.10 bits per heavy atom. The molecular weight excluding hydrogens is 270 g/mol. The number of carbonyl (C=O) groups excluding carboxylic acids is 2. The van der Waals surface area contributed by atoms with Crippen molar-refractivity contribution in [3.8, 4) is 0 Å². The van der Waals surface area contributed by atoms with Gasteiger partial charge < -0.3 is 14.6 Å². The lowest BCUT2D eigenvalue weighted by atomic mass is 9.95. The molecule has 0 radical (unpaired) electrons. The van der Waals surface area contributed by atoms with Crippen LogP contribution in [0.4, 0.5) is 0 Å². The summed E-state index contributed by atoms with van der Waals surface area (Å²) in [7, 11) is 0. The molecular formula is C15H21N3O3. The number of nitrogens with zero attached hydrogens (tertiary/aromatic N) is 2. The molecule has 1 aliphatic carbocycles. The first-order chi connectivity index (χ1) is 10.0. The molecule has 0 bridgehead atoms. The summed E-state index contributed by atoms with van der Waals surface area (Å²) < 4.78 is 5.56. The number of aromatic nitrogens is 1. The second-order valence-electron chi connectivity index (χ2n) is 6.07. The molecule has 1 spiro atoms. The van der Waals surface area contributed by atoms with Crippen molar-refractivity contribution in [2.45, 2.75) is 57.5 Å². The van der Waals surface area contributed by atoms with Gasteiger partial charge in [-0.1, -0.05) is 12.8 Å². The number of carbonyl (C=O) groups is 2. The summed E-state index contributed by atoms with van der Waals surface area (Å²) >= 11 is 0. The summed E-state index contributed by atoms with van der Waals surface area (Å²) in [5.74, 6) is 1.23. The first-order valence-corrected chi connectivity index (χ1v) is 7.56. The highest BCUT2D eigenvalue weighted by molar-refractivity contribution is 5.94. The first-order valence-electron chi connectivity index (χ1n) is 7.56. The van der Waals surface area contributed by atoms with Crippen molar-refractivity contribution < 1.29 is 14.0 Å². The van der Waals surface area contributed by atoms with E-state index in [-0.39, 0.29) is 17.9 Å². The van der Waals surface area contributed by atoms with Crippen molar-refractivity contribution in [3.63, 3.8) is 0 Å². The zero-order valence-corrected chi connectivity index (χ0v) is 12.5. The smallest absolute Gasteiger partial charge is 0.249 e. The Balaban J connectivity index is 1.90. The van der Waals surface area contributed by atoms with Crippen molar-refractivity contribution in [2.75, 3.05) is 6.54 Å². The van der Waals surface area contributed by atoms with Crippen LogP contribution < -0.4 is 5.32 Å². The van der Waals surface area contributed by atoms with Gasteiger partial charge in [0.25, 0.3) is 0 Å². The lowest BCUT2D eigenvalue weighted by Gasteiger charge is -2.34. The van der Waals surface area contributed by atoms with Gasteiger partial charge in [-0.15, -0.1) is 0 Å². The number of nitrogens with one attached hydrogen (secondary N) is 1. The number of aryl methyl sites for hydroxylation is 1. The SMILES string of the molecule is Cc1cnc(C(C)N2CCC(=O)NC3(CCCC3)C2=O)o1. The van der Waals surface area contributed by atoms with Crippen LogP contribution in [-0.2, 0) is 9.59 Å². The fourth-order valence-electron chi connectivity index (χ4n) is 3.37. The lowest BCUT2D eigenvalue weighted by Crippen LogP contribution is -2.55. The molecule has 1 saturated carbocycles. The number of hydrogen-bond donors (Lipinski definition) is 1. The van der Waals surface area contributed by atoms with Gasteiger partial charge in [0.05, 0.1) is 6.20 Å². The molecule has 6 nitrogen and oxygen atoms in total. The maximum absolute atomic E-state index is 13.0. The molecule has 2 amide bonds. The molecule has 6 heteroatoms. The minimum Gasteiger partial charge on any atom is -0.444 e. The summed E-state index contributed by atoms with van der Waals surface area (Å²) in [6, 6.07) is -0.253. The van der Waals surface area contributed by atoms with Gasteiger partial charge in [0.1, 0.15) is 17.3 Å². The topological polar surface area (TPSA) is 75.4 Å². The van der Waals surface area contributed by atoms with Crippen LogP contribution in [0.5, 0.6) is 0 Å². The Morgan fingerprint density at radius 1 is 1.38 bits per heavy atom. The van der Waals surface area contributed by atoms with E-state index in [2.05, 4.69) is 10.3 Å². The van der Waals surface area contributed by atoms with Gasteiger partial charge in [-0.2, -0.15) is 0 Å². The lowest BCUT2D eigenvalue weighted by molar-refractivity contribution is -0.140. The van der Waals surface area contributed by atoms with Gasteiger partial charge in [0, 0.05) is 13.0 Å². The summed E-state index contributed by atoms with van der Waals surface area (Å²) in [5, 5.41) is 2.96. The quantitative estimate of drug-likeness (QED) is 0.900. The number of oxazole rings is 1. The van der Waals surface area contributed by atoms with Crippen molar-refractivity contribution in [1.29, 1.82) is 0 Å². The Hall–Kier alpha value is -1.85. The summed E-state index contributed by atoms with van der Waals surface area (Å²) in [6.07, 6.45) is 5.40. The van der Waals surface area contributed by atoms with Gasteiger partial charge in [-0.05, 0) is 26.7 Å². The molecule has 1 atom stereocenters. The second kappa shape index (κ2) is 5.16. The second-order valence-corrected chi connectivity index (χ2v) is 6.07. The first kappa shape index (κ1) is 14.1. The van der Waals surface area contributed by atoms with E-state index >= 15 is 0 Å². The fourth-order valence-corrected chi connectivity index (χ4v) is 3.37. The molecule has 2 aliphatic rings. The van der Waals surface area contributed by atoms with E-state index < -0.39 is 5.54 Å². The van der Waals surface area contributed by atoms with E-state index in [0.29, 0.717) is 18.9 Å². The molecule has 1 aliphatic heterocycles. The molecule has 114 valence electrons. The van der Waals surface area contributed by atoms with Gasteiger partial charge in [0.15, 0.2) is 0 Å². The monoisotopic (exact) mass is 291 g/mol.